The summed E-state index contributed by atoms with van der Waals surface area (Å²) in [6.07, 6.45) is 1.30. The van der Waals surface area contributed by atoms with E-state index in [1.807, 2.05) is 0 Å². The highest BCUT2D eigenvalue weighted by molar-refractivity contribution is 9.10. The quantitative estimate of drug-likeness (QED) is 0.843. The number of anilines is 1. The molecule has 0 aliphatic heterocycles. The van der Waals surface area contributed by atoms with E-state index < -0.39 is 0 Å². The maximum Gasteiger partial charge on any atom is 0.0353 e. The minimum Gasteiger partial charge on any atom is -0.382 e. The Labute approximate surface area is 94.0 Å². The second-order valence-electron chi connectivity index (χ2n) is 4.33. The number of rotatable bonds is 2. The van der Waals surface area contributed by atoms with Gasteiger partial charge in [0, 0.05) is 16.2 Å². The van der Waals surface area contributed by atoms with Crippen LogP contribution in [0.2, 0.25) is 0 Å². The monoisotopic (exact) mass is 253 g/mol. The fraction of sp³-hybridized carbons (Fsp3) is 0.500. The lowest BCUT2D eigenvalue weighted by Gasteiger charge is -2.41. The van der Waals surface area contributed by atoms with Gasteiger partial charge < -0.3 is 5.32 Å². The van der Waals surface area contributed by atoms with Crippen molar-refractivity contribution in [1.29, 1.82) is 0 Å². The molecular formula is C12H16BrN. The van der Waals surface area contributed by atoms with Gasteiger partial charge >= 0.3 is 0 Å². The number of halogens is 1. The number of nitrogens with one attached hydrogen (secondary N) is 1. The average Bonchev–Trinajstić information content (AvgIpc) is 2.17. The van der Waals surface area contributed by atoms with Crippen molar-refractivity contribution in [2.24, 2.45) is 11.8 Å². The van der Waals surface area contributed by atoms with E-state index in [4.69, 9.17) is 0 Å². The van der Waals surface area contributed by atoms with Crippen molar-refractivity contribution in [2.45, 2.75) is 26.3 Å². The van der Waals surface area contributed by atoms with Gasteiger partial charge in [0.2, 0.25) is 0 Å². The van der Waals surface area contributed by atoms with Crippen molar-refractivity contribution >= 4 is 21.6 Å². The molecule has 1 N–H and O–H groups in total. The number of hydrogen-bond donors (Lipinski definition) is 1. The Balaban J connectivity index is 1.98. The molecule has 0 amide bonds. The highest BCUT2D eigenvalue weighted by atomic mass is 79.9. The third kappa shape index (κ3) is 1.95. The Kier molecular flexibility index (Phi) is 2.82. The van der Waals surface area contributed by atoms with Crippen molar-refractivity contribution in [3.63, 3.8) is 0 Å². The van der Waals surface area contributed by atoms with Crippen molar-refractivity contribution in [2.75, 3.05) is 5.32 Å². The van der Waals surface area contributed by atoms with Crippen LogP contribution in [-0.4, -0.2) is 6.04 Å². The molecule has 1 aliphatic rings. The third-order valence-corrected chi connectivity index (χ3v) is 3.83. The molecule has 0 radical (unpaired) electrons. The van der Waals surface area contributed by atoms with Gasteiger partial charge in [0.05, 0.1) is 0 Å². The van der Waals surface area contributed by atoms with Crippen molar-refractivity contribution < 1.29 is 0 Å². The fourth-order valence-corrected chi connectivity index (χ4v) is 2.41. The van der Waals surface area contributed by atoms with Crippen LogP contribution in [0.25, 0.3) is 0 Å². The molecule has 0 bridgehead atoms. The third-order valence-electron chi connectivity index (χ3n) is 3.33. The van der Waals surface area contributed by atoms with Crippen LogP contribution in [-0.2, 0) is 0 Å². The molecule has 1 aromatic rings. The summed E-state index contributed by atoms with van der Waals surface area (Å²) in [4.78, 5) is 0. The molecule has 0 heterocycles. The molecule has 1 aliphatic carbocycles. The minimum absolute atomic E-state index is 0.666. The summed E-state index contributed by atoms with van der Waals surface area (Å²) in [6.45, 7) is 4.65. The lowest BCUT2D eigenvalue weighted by molar-refractivity contribution is 0.189. The fourth-order valence-electron chi connectivity index (χ4n) is 2.01. The molecule has 1 fully saturated rings. The van der Waals surface area contributed by atoms with E-state index in [9.17, 15) is 0 Å². The first-order chi connectivity index (χ1) is 6.66. The van der Waals surface area contributed by atoms with Gasteiger partial charge in [-0.15, -0.1) is 0 Å². The summed E-state index contributed by atoms with van der Waals surface area (Å²) in [5, 5.41) is 3.57. The molecule has 2 rings (SSSR count). The molecule has 0 saturated heterocycles. The number of benzene rings is 1. The topological polar surface area (TPSA) is 12.0 Å². The smallest absolute Gasteiger partial charge is 0.0353 e. The minimum atomic E-state index is 0.666. The van der Waals surface area contributed by atoms with E-state index in [2.05, 4.69) is 59.4 Å². The van der Waals surface area contributed by atoms with Crippen molar-refractivity contribution in [1.82, 2.24) is 0 Å². The van der Waals surface area contributed by atoms with Crippen LogP contribution >= 0.6 is 15.9 Å². The molecule has 1 saturated carbocycles. The number of hydrogen-bond acceptors (Lipinski definition) is 1. The van der Waals surface area contributed by atoms with Gasteiger partial charge in [-0.1, -0.05) is 35.8 Å². The second kappa shape index (κ2) is 3.93. The average molecular weight is 254 g/mol. The zero-order valence-electron chi connectivity index (χ0n) is 8.63. The molecule has 76 valence electrons. The Morgan fingerprint density at radius 2 is 2.14 bits per heavy atom. The Morgan fingerprint density at radius 3 is 2.71 bits per heavy atom. The summed E-state index contributed by atoms with van der Waals surface area (Å²) in [6, 6.07) is 9.05. The van der Waals surface area contributed by atoms with E-state index in [-0.39, 0.29) is 0 Å². The van der Waals surface area contributed by atoms with E-state index >= 15 is 0 Å². The second-order valence-corrected chi connectivity index (χ2v) is 5.25. The Bertz CT molecular complexity index is 324. The molecule has 0 spiro atoms. The van der Waals surface area contributed by atoms with Crippen LogP contribution in [0.15, 0.2) is 28.7 Å². The summed E-state index contributed by atoms with van der Waals surface area (Å²) >= 11 is 3.48. The van der Waals surface area contributed by atoms with Gasteiger partial charge in [0.1, 0.15) is 0 Å². The van der Waals surface area contributed by atoms with Crippen molar-refractivity contribution in [3.8, 4) is 0 Å². The zero-order valence-corrected chi connectivity index (χ0v) is 10.2. The summed E-state index contributed by atoms with van der Waals surface area (Å²) in [7, 11) is 0. The van der Waals surface area contributed by atoms with Crippen LogP contribution in [0.3, 0.4) is 0 Å². The normalized spacial score (nSPS) is 30.9. The largest absolute Gasteiger partial charge is 0.382 e. The summed E-state index contributed by atoms with van der Waals surface area (Å²) in [5.41, 5.74) is 1.23. The van der Waals surface area contributed by atoms with Gasteiger partial charge in [-0.3, -0.25) is 0 Å². The highest BCUT2D eigenvalue weighted by Gasteiger charge is 2.33. The lowest BCUT2D eigenvalue weighted by Crippen LogP contribution is -2.43. The van der Waals surface area contributed by atoms with Gasteiger partial charge in [-0.2, -0.15) is 0 Å². The molecule has 3 unspecified atom stereocenters. The Hall–Kier alpha value is -0.500. The van der Waals surface area contributed by atoms with E-state index in [0.717, 1.165) is 16.3 Å². The first kappa shape index (κ1) is 10.0. The van der Waals surface area contributed by atoms with E-state index in [1.165, 1.54) is 12.1 Å². The van der Waals surface area contributed by atoms with E-state index in [1.54, 1.807) is 0 Å². The highest BCUT2D eigenvalue weighted by Crippen LogP contribution is 2.36. The van der Waals surface area contributed by atoms with E-state index in [0.29, 0.717) is 6.04 Å². The molecule has 1 aromatic carbocycles. The van der Waals surface area contributed by atoms with Crippen LogP contribution in [0, 0.1) is 11.8 Å². The van der Waals surface area contributed by atoms with Crippen LogP contribution in [0.4, 0.5) is 5.69 Å². The van der Waals surface area contributed by atoms with Gasteiger partial charge in [0.25, 0.3) is 0 Å². The SMILES string of the molecule is CC1CC(Nc2cccc(Br)c2)C1C. The first-order valence-corrected chi connectivity index (χ1v) is 5.98. The van der Waals surface area contributed by atoms with Gasteiger partial charge in [-0.25, -0.2) is 0 Å². The van der Waals surface area contributed by atoms with Crippen LogP contribution in [0.1, 0.15) is 20.3 Å². The molecule has 3 atom stereocenters. The summed E-state index contributed by atoms with van der Waals surface area (Å²) in [5.74, 6) is 1.67. The molecule has 2 heteroatoms. The predicted octanol–water partition coefficient (Wildman–Crippen LogP) is 3.91. The maximum atomic E-state index is 3.57. The standard InChI is InChI=1S/C12H16BrN/c1-8-6-12(9(8)2)14-11-5-3-4-10(13)7-11/h3-5,7-9,12,14H,6H2,1-2H3. The van der Waals surface area contributed by atoms with Gasteiger partial charge in [0.15, 0.2) is 0 Å². The molecule has 14 heavy (non-hydrogen) atoms. The molecule has 0 aromatic heterocycles. The maximum absolute atomic E-state index is 3.57. The summed E-state index contributed by atoms with van der Waals surface area (Å²) < 4.78 is 1.14. The van der Waals surface area contributed by atoms with Gasteiger partial charge in [-0.05, 0) is 36.5 Å². The van der Waals surface area contributed by atoms with Crippen LogP contribution in [0.5, 0.6) is 0 Å². The molecule has 1 nitrogen and oxygen atoms in total. The molecular weight excluding hydrogens is 238 g/mol. The van der Waals surface area contributed by atoms with Crippen LogP contribution < -0.4 is 5.32 Å². The first-order valence-electron chi connectivity index (χ1n) is 5.19. The zero-order chi connectivity index (χ0) is 10.1. The Morgan fingerprint density at radius 1 is 1.36 bits per heavy atom. The predicted molar refractivity (Wildman–Crippen MR) is 64.5 cm³/mol. The lowest BCUT2D eigenvalue weighted by atomic mass is 9.71. The van der Waals surface area contributed by atoms with Crippen molar-refractivity contribution in [3.05, 3.63) is 28.7 Å².